The van der Waals surface area contributed by atoms with Crippen LogP contribution in [0.15, 0.2) is 109 Å². The van der Waals surface area contributed by atoms with Gasteiger partial charge in [0.2, 0.25) is 0 Å². The van der Waals surface area contributed by atoms with Gasteiger partial charge in [-0.25, -0.2) is 0 Å². The second-order valence-corrected chi connectivity index (χ2v) is 20.9. The average molecular weight is 827 g/mol. The molecule has 3 fully saturated rings. The highest BCUT2D eigenvalue weighted by Crippen LogP contribution is 2.46. The third-order valence-electron chi connectivity index (χ3n) is 16.4. The SMILES string of the molecule is c1ccc2c(CC34CCCCCCCCCCC(Cc5c6ccccc6cc6ccccc56)(CCCCCCCCCC3)CCCCCCCCCC4)c3ccccc3cc2c1. The second-order valence-electron chi connectivity index (χ2n) is 20.9. The summed E-state index contributed by atoms with van der Waals surface area (Å²) in [6.07, 6.45) is 45.1. The minimum absolute atomic E-state index is 0.408. The van der Waals surface area contributed by atoms with Gasteiger partial charge in [0.25, 0.3) is 0 Å². The lowest BCUT2D eigenvalue weighted by molar-refractivity contribution is 0.191. The maximum absolute atomic E-state index is 2.45. The largest absolute Gasteiger partial charge is 0.0616 e. The van der Waals surface area contributed by atoms with Crippen LogP contribution >= 0.6 is 0 Å². The summed E-state index contributed by atoms with van der Waals surface area (Å²) in [6.45, 7) is 0. The first-order chi connectivity index (χ1) is 30.7. The van der Waals surface area contributed by atoms with E-state index in [0.717, 1.165) is 0 Å². The monoisotopic (exact) mass is 827 g/mol. The van der Waals surface area contributed by atoms with Gasteiger partial charge in [-0.2, -0.15) is 0 Å². The predicted octanol–water partition coefficient (Wildman–Crippen LogP) is 19.8. The molecule has 0 unspecified atom stereocenters. The van der Waals surface area contributed by atoms with Gasteiger partial charge in [-0.3, -0.25) is 0 Å². The molecule has 330 valence electrons. The third-order valence-corrected chi connectivity index (χ3v) is 16.4. The molecule has 3 aliphatic carbocycles. The van der Waals surface area contributed by atoms with Crippen molar-refractivity contribution in [3.8, 4) is 0 Å². The van der Waals surface area contributed by atoms with Gasteiger partial charge in [0, 0.05) is 0 Å². The Morgan fingerprint density at radius 2 is 0.435 bits per heavy atom. The summed E-state index contributed by atoms with van der Waals surface area (Å²) in [5.41, 5.74) is 4.12. The van der Waals surface area contributed by atoms with Crippen molar-refractivity contribution in [2.75, 3.05) is 0 Å². The van der Waals surface area contributed by atoms with Crippen LogP contribution in [0.3, 0.4) is 0 Å². The summed E-state index contributed by atoms with van der Waals surface area (Å²) < 4.78 is 0. The topological polar surface area (TPSA) is 0 Å². The molecule has 0 aromatic heterocycles. The molecule has 62 heavy (non-hydrogen) atoms. The van der Waals surface area contributed by atoms with Crippen molar-refractivity contribution < 1.29 is 0 Å². The molecule has 0 atom stereocenters. The van der Waals surface area contributed by atoms with Crippen LogP contribution in [0.1, 0.15) is 204 Å². The minimum atomic E-state index is 0.408. The Labute approximate surface area is 378 Å². The van der Waals surface area contributed by atoms with Crippen molar-refractivity contribution in [2.24, 2.45) is 10.8 Å². The third kappa shape index (κ3) is 12.1. The molecule has 0 radical (unpaired) electrons. The van der Waals surface area contributed by atoms with Gasteiger partial charge in [-0.1, -0.05) is 251 Å². The van der Waals surface area contributed by atoms with Crippen molar-refractivity contribution in [3.05, 3.63) is 120 Å². The number of hydrogen-bond donors (Lipinski definition) is 0. The number of benzene rings is 6. The molecule has 3 aliphatic rings. The van der Waals surface area contributed by atoms with Crippen LogP contribution < -0.4 is 0 Å². The molecule has 0 amide bonds. The van der Waals surface area contributed by atoms with Crippen molar-refractivity contribution >= 4 is 43.1 Å². The van der Waals surface area contributed by atoms with E-state index in [9.17, 15) is 0 Å². The summed E-state index contributed by atoms with van der Waals surface area (Å²) in [6, 6.07) is 42.2. The van der Waals surface area contributed by atoms with Gasteiger partial charge in [0.05, 0.1) is 0 Å². The Morgan fingerprint density at radius 1 is 0.242 bits per heavy atom. The zero-order valence-corrected chi connectivity index (χ0v) is 39.0. The minimum Gasteiger partial charge on any atom is -0.0616 e. The quantitative estimate of drug-likeness (QED) is 0.155. The smallest absolute Gasteiger partial charge is 0.0145 e. The van der Waals surface area contributed by atoms with Gasteiger partial charge in [-0.15, -0.1) is 0 Å². The van der Waals surface area contributed by atoms with Gasteiger partial charge >= 0.3 is 0 Å². The van der Waals surface area contributed by atoms with E-state index in [0.29, 0.717) is 10.8 Å². The molecule has 0 N–H and O–H groups in total. The fourth-order valence-electron chi connectivity index (χ4n) is 12.8. The number of hydrogen-bond acceptors (Lipinski definition) is 0. The van der Waals surface area contributed by atoms with E-state index < -0.39 is 0 Å². The highest BCUT2D eigenvalue weighted by atomic mass is 14.4. The molecule has 0 aliphatic heterocycles. The van der Waals surface area contributed by atoms with E-state index in [1.54, 1.807) is 11.1 Å². The Kier molecular flexibility index (Phi) is 16.9. The van der Waals surface area contributed by atoms with Crippen LogP contribution in [0.2, 0.25) is 0 Å². The van der Waals surface area contributed by atoms with Gasteiger partial charge < -0.3 is 0 Å². The fourth-order valence-corrected chi connectivity index (χ4v) is 12.8. The van der Waals surface area contributed by atoms with Crippen molar-refractivity contribution in [2.45, 2.75) is 205 Å². The highest BCUT2D eigenvalue weighted by molar-refractivity contribution is 6.03. The molecule has 6 aromatic rings. The zero-order valence-electron chi connectivity index (χ0n) is 39.0. The standard InChI is InChI=1S/C62H82/c1-2-8-14-28-42-62(50-60-57-39-25-21-35-53(57)48-54-36-22-26-40-58(54)60)45-31-17-11-5-3-9-15-29-43-61(41-27-13-7-1,44-30-16-10-4-6-12-18-32-46-62)49-59-55-37-23-19-33-51(55)47-52-34-20-24-38-56(52)59/h19-26,33-40,47-48H,1-18,27-32,41-46,49-50H2. The molecule has 3 saturated carbocycles. The van der Waals surface area contributed by atoms with Gasteiger partial charge in [-0.05, 0) is 129 Å². The molecule has 0 nitrogen and oxygen atoms in total. The van der Waals surface area contributed by atoms with Crippen LogP contribution in [-0.2, 0) is 12.8 Å². The zero-order chi connectivity index (χ0) is 42.1. The molecule has 0 heterocycles. The first-order valence-corrected chi connectivity index (χ1v) is 26.5. The number of rotatable bonds is 4. The van der Waals surface area contributed by atoms with E-state index in [-0.39, 0.29) is 0 Å². The van der Waals surface area contributed by atoms with Crippen molar-refractivity contribution in [1.82, 2.24) is 0 Å². The fraction of sp³-hybridized carbons (Fsp3) is 0.548. The first-order valence-electron chi connectivity index (χ1n) is 26.5. The van der Waals surface area contributed by atoms with E-state index >= 15 is 0 Å². The lowest BCUT2D eigenvalue weighted by Gasteiger charge is -2.36. The van der Waals surface area contributed by atoms with E-state index in [2.05, 4.69) is 109 Å². The molecular weight excluding hydrogens is 745 g/mol. The Hall–Kier alpha value is -3.64. The summed E-state index contributed by atoms with van der Waals surface area (Å²) in [4.78, 5) is 0. The van der Waals surface area contributed by atoms with Crippen LogP contribution in [0, 0.1) is 10.8 Å². The van der Waals surface area contributed by atoms with Crippen LogP contribution in [0.25, 0.3) is 43.1 Å². The van der Waals surface area contributed by atoms with E-state index in [4.69, 9.17) is 0 Å². The second kappa shape index (κ2) is 23.3. The van der Waals surface area contributed by atoms with E-state index in [1.807, 2.05) is 0 Å². The van der Waals surface area contributed by atoms with E-state index in [1.165, 1.54) is 249 Å². The Bertz CT molecular complexity index is 1920. The molecule has 0 saturated heterocycles. The summed E-state index contributed by atoms with van der Waals surface area (Å²) in [5, 5.41) is 11.8. The highest BCUT2D eigenvalue weighted by Gasteiger charge is 2.32. The van der Waals surface area contributed by atoms with Crippen molar-refractivity contribution in [1.29, 1.82) is 0 Å². The lowest BCUT2D eigenvalue weighted by atomic mass is 9.69. The molecule has 0 heteroatoms. The summed E-state index contributed by atoms with van der Waals surface area (Å²) in [5.74, 6) is 0. The molecule has 2 bridgehead atoms. The normalized spacial score (nSPS) is 23.4. The average Bonchev–Trinajstić information content (AvgIpc) is 3.30. The Balaban J connectivity index is 1.03. The number of fused-ring (bicyclic) bond motifs is 31. The summed E-state index contributed by atoms with van der Waals surface area (Å²) >= 11 is 0. The Morgan fingerprint density at radius 3 is 0.661 bits per heavy atom. The lowest BCUT2D eigenvalue weighted by Crippen LogP contribution is -2.25. The molecular formula is C62H82. The molecule has 9 rings (SSSR count). The van der Waals surface area contributed by atoms with Gasteiger partial charge in [0.1, 0.15) is 0 Å². The van der Waals surface area contributed by atoms with Gasteiger partial charge in [0.15, 0.2) is 0 Å². The molecule has 0 spiro atoms. The first kappa shape index (κ1) is 44.9. The van der Waals surface area contributed by atoms with Crippen LogP contribution in [0.4, 0.5) is 0 Å². The van der Waals surface area contributed by atoms with Crippen molar-refractivity contribution in [3.63, 3.8) is 0 Å². The molecule has 6 aromatic carbocycles. The van der Waals surface area contributed by atoms with Crippen LogP contribution in [-0.4, -0.2) is 0 Å². The maximum Gasteiger partial charge on any atom is -0.0145 e. The maximum atomic E-state index is 2.45. The summed E-state index contributed by atoms with van der Waals surface area (Å²) in [7, 11) is 0. The van der Waals surface area contributed by atoms with Crippen LogP contribution in [0.5, 0.6) is 0 Å². The predicted molar refractivity (Wildman–Crippen MR) is 274 cm³/mol.